The Morgan fingerprint density at radius 2 is 1.55 bits per heavy atom. The number of ether oxygens (including phenoxy) is 3. The van der Waals surface area contributed by atoms with Crippen molar-refractivity contribution in [3.63, 3.8) is 0 Å². The molecule has 194 valence electrons. The molecular formula is C28H23FN2O6S. The molecule has 0 spiro atoms. The van der Waals surface area contributed by atoms with E-state index in [0.29, 0.717) is 29.5 Å². The minimum Gasteiger partial charge on any atom is -0.486 e. The van der Waals surface area contributed by atoms with Crippen LogP contribution < -0.4 is 23.8 Å². The highest BCUT2D eigenvalue weighted by Crippen LogP contribution is 2.34. The third-order valence-corrected chi connectivity index (χ3v) is 7.37. The molecule has 0 aliphatic carbocycles. The van der Waals surface area contributed by atoms with Crippen molar-refractivity contribution < 1.29 is 31.8 Å². The number of para-hydroxylation sites is 1. The summed E-state index contributed by atoms with van der Waals surface area (Å²) in [4.78, 5) is 12.9. The normalized spacial score (nSPS) is 12.4. The summed E-state index contributed by atoms with van der Waals surface area (Å²) in [5, 5.41) is 2.68. The van der Waals surface area contributed by atoms with E-state index in [4.69, 9.17) is 14.2 Å². The number of nitrogens with zero attached hydrogens (tertiary/aromatic N) is 1. The lowest BCUT2D eigenvalue weighted by Crippen LogP contribution is -2.38. The van der Waals surface area contributed by atoms with Crippen molar-refractivity contribution in [1.82, 2.24) is 0 Å². The van der Waals surface area contributed by atoms with E-state index >= 15 is 0 Å². The average Bonchev–Trinajstić information content (AvgIpc) is 2.93. The van der Waals surface area contributed by atoms with E-state index in [-0.39, 0.29) is 22.9 Å². The first kappa shape index (κ1) is 25.1. The van der Waals surface area contributed by atoms with E-state index in [1.807, 2.05) is 30.3 Å². The molecule has 1 aliphatic rings. The first-order valence-electron chi connectivity index (χ1n) is 11.7. The molecule has 4 aromatic carbocycles. The predicted molar refractivity (Wildman–Crippen MR) is 140 cm³/mol. The lowest BCUT2D eigenvalue weighted by atomic mass is 10.3. The minimum absolute atomic E-state index is 0.00153. The number of carbonyl (C=O) groups is 1. The van der Waals surface area contributed by atoms with Gasteiger partial charge in [0.25, 0.3) is 10.0 Å². The topological polar surface area (TPSA) is 94.2 Å². The van der Waals surface area contributed by atoms with Crippen LogP contribution in [0.25, 0.3) is 0 Å². The lowest BCUT2D eigenvalue weighted by molar-refractivity contribution is -0.114. The monoisotopic (exact) mass is 534 g/mol. The average molecular weight is 535 g/mol. The van der Waals surface area contributed by atoms with Crippen LogP contribution in [-0.4, -0.2) is 34.1 Å². The fraction of sp³-hybridized carbons (Fsp3) is 0.107. The fourth-order valence-electron chi connectivity index (χ4n) is 3.82. The zero-order valence-electron chi connectivity index (χ0n) is 20.0. The molecule has 1 aliphatic heterocycles. The molecule has 8 nitrogen and oxygen atoms in total. The molecule has 0 saturated heterocycles. The zero-order valence-corrected chi connectivity index (χ0v) is 20.9. The molecule has 1 amide bonds. The number of halogens is 1. The van der Waals surface area contributed by atoms with Crippen LogP contribution in [0.1, 0.15) is 0 Å². The van der Waals surface area contributed by atoms with Gasteiger partial charge in [-0.05, 0) is 66.7 Å². The number of benzene rings is 4. The van der Waals surface area contributed by atoms with Gasteiger partial charge in [0.05, 0.1) is 10.6 Å². The molecule has 0 bridgehead atoms. The van der Waals surface area contributed by atoms with Gasteiger partial charge in [0.2, 0.25) is 5.91 Å². The van der Waals surface area contributed by atoms with Crippen molar-refractivity contribution in [2.45, 2.75) is 4.90 Å². The molecule has 0 fully saturated rings. The van der Waals surface area contributed by atoms with Crippen molar-refractivity contribution in [3.05, 3.63) is 103 Å². The maximum absolute atomic E-state index is 14.1. The third kappa shape index (κ3) is 5.70. The minimum atomic E-state index is -4.28. The summed E-state index contributed by atoms with van der Waals surface area (Å²) in [6.07, 6.45) is 0. The van der Waals surface area contributed by atoms with Gasteiger partial charge in [0.1, 0.15) is 37.1 Å². The number of fused-ring (bicyclic) bond motifs is 1. The van der Waals surface area contributed by atoms with Crippen molar-refractivity contribution in [2.75, 3.05) is 29.4 Å². The van der Waals surface area contributed by atoms with Crippen LogP contribution in [0.4, 0.5) is 15.8 Å². The molecule has 38 heavy (non-hydrogen) atoms. The van der Waals surface area contributed by atoms with Gasteiger partial charge in [-0.1, -0.05) is 24.3 Å². The van der Waals surface area contributed by atoms with Crippen molar-refractivity contribution >= 4 is 27.3 Å². The Kier molecular flexibility index (Phi) is 7.14. The second kappa shape index (κ2) is 10.8. The van der Waals surface area contributed by atoms with Crippen LogP contribution in [-0.2, 0) is 14.8 Å². The summed E-state index contributed by atoms with van der Waals surface area (Å²) < 4.78 is 58.9. The number of amides is 1. The number of hydrogen-bond acceptors (Lipinski definition) is 6. The summed E-state index contributed by atoms with van der Waals surface area (Å²) in [6, 6.07) is 25.1. The second-order valence-corrected chi connectivity index (χ2v) is 10.1. The molecule has 10 heteroatoms. The lowest BCUT2D eigenvalue weighted by Gasteiger charge is -2.25. The zero-order chi connectivity index (χ0) is 26.5. The van der Waals surface area contributed by atoms with E-state index in [0.717, 1.165) is 10.4 Å². The van der Waals surface area contributed by atoms with Crippen LogP contribution in [0.3, 0.4) is 0 Å². The molecule has 0 radical (unpaired) electrons. The summed E-state index contributed by atoms with van der Waals surface area (Å²) >= 11 is 0. The second-order valence-electron chi connectivity index (χ2n) is 8.28. The van der Waals surface area contributed by atoms with Gasteiger partial charge in [-0.3, -0.25) is 9.10 Å². The van der Waals surface area contributed by atoms with Gasteiger partial charge < -0.3 is 19.5 Å². The Bertz CT molecular complexity index is 1550. The highest BCUT2D eigenvalue weighted by atomic mass is 32.2. The number of sulfonamides is 1. The summed E-state index contributed by atoms with van der Waals surface area (Å²) in [5.41, 5.74) is 0.438. The van der Waals surface area contributed by atoms with Crippen molar-refractivity contribution in [3.8, 4) is 23.0 Å². The van der Waals surface area contributed by atoms with Crippen molar-refractivity contribution in [1.29, 1.82) is 0 Å². The maximum Gasteiger partial charge on any atom is 0.264 e. The van der Waals surface area contributed by atoms with Gasteiger partial charge in [-0.25, -0.2) is 12.8 Å². The smallest absolute Gasteiger partial charge is 0.264 e. The summed E-state index contributed by atoms with van der Waals surface area (Å²) in [5.74, 6) is 0.672. The summed E-state index contributed by atoms with van der Waals surface area (Å²) in [6.45, 7) is 0.0399. The molecule has 1 heterocycles. The number of anilines is 2. The Morgan fingerprint density at radius 1 is 0.842 bits per heavy atom. The summed E-state index contributed by atoms with van der Waals surface area (Å²) in [7, 11) is -4.28. The highest BCUT2D eigenvalue weighted by molar-refractivity contribution is 7.92. The molecule has 5 rings (SSSR count). The Balaban J connectivity index is 1.36. The van der Waals surface area contributed by atoms with E-state index in [9.17, 15) is 17.6 Å². The Hall–Kier alpha value is -4.57. The molecule has 0 unspecified atom stereocenters. The fourth-order valence-corrected chi connectivity index (χ4v) is 5.25. The first-order valence-corrected chi connectivity index (χ1v) is 13.1. The quantitative estimate of drug-likeness (QED) is 0.333. The van der Waals surface area contributed by atoms with Crippen LogP contribution in [0.2, 0.25) is 0 Å². The van der Waals surface area contributed by atoms with Gasteiger partial charge in [-0.2, -0.15) is 0 Å². The predicted octanol–water partition coefficient (Wildman–Crippen LogP) is 5.22. The van der Waals surface area contributed by atoms with E-state index < -0.39 is 28.3 Å². The molecule has 0 aromatic heterocycles. The molecule has 0 saturated carbocycles. The van der Waals surface area contributed by atoms with Crippen LogP contribution >= 0.6 is 0 Å². The number of nitrogens with one attached hydrogen (secondary N) is 1. The SMILES string of the molecule is O=C(CN(c1cccc(F)c1)S(=O)(=O)c1ccc2c(c1)OCCO2)Nc1ccc(Oc2ccccc2)cc1. The van der Waals surface area contributed by atoms with Gasteiger partial charge in [-0.15, -0.1) is 0 Å². The highest BCUT2D eigenvalue weighted by Gasteiger charge is 2.29. The first-order chi connectivity index (χ1) is 18.4. The van der Waals surface area contributed by atoms with Gasteiger partial charge >= 0.3 is 0 Å². The van der Waals surface area contributed by atoms with Gasteiger partial charge in [0.15, 0.2) is 11.5 Å². The van der Waals surface area contributed by atoms with Gasteiger partial charge in [0, 0.05) is 11.8 Å². The Morgan fingerprint density at radius 3 is 2.29 bits per heavy atom. The van der Waals surface area contributed by atoms with Crippen LogP contribution in [0.15, 0.2) is 102 Å². The number of rotatable bonds is 8. The maximum atomic E-state index is 14.1. The molecule has 1 N–H and O–H groups in total. The van der Waals surface area contributed by atoms with Crippen LogP contribution in [0, 0.1) is 5.82 Å². The molecular weight excluding hydrogens is 511 g/mol. The van der Waals surface area contributed by atoms with E-state index in [1.165, 1.54) is 36.4 Å². The largest absolute Gasteiger partial charge is 0.486 e. The Labute approximate surface area is 219 Å². The number of hydrogen-bond donors (Lipinski definition) is 1. The molecule has 4 aromatic rings. The molecule has 0 atom stereocenters. The standard InChI is InChI=1S/C28H23FN2O6S/c29-20-5-4-6-22(17-20)31(38(33,34)25-13-14-26-27(18-25)36-16-15-35-26)19-28(32)30-21-9-11-24(12-10-21)37-23-7-2-1-3-8-23/h1-14,17-18H,15-16,19H2,(H,30,32). The van der Waals surface area contributed by atoms with Crippen molar-refractivity contribution in [2.24, 2.45) is 0 Å². The number of carbonyl (C=O) groups excluding carboxylic acids is 1. The van der Waals surface area contributed by atoms with E-state index in [1.54, 1.807) is 24.3 Å². The van der Waals surface area contributed by atoms with E-state index in [2.05, 4.69) is 5.32 Å². The third-order valence-electron chi connectivity index (χ3n) is 5.60. The van der Waals surface area contributed by atoms with Crippen LogP contribution in [0.5, 0.6) is 23.0 Å².